The minimum absolute atomic E-state index is 0.143. The highest BCUT2D eigenvalue weighted by Gasteiger charge is 2.49. The maximum absolute atomic E-state index is 14.2. The Morgan fingerprint density at radius 3 is 2.17 bits per heavy atom. The standard InChI is InChI=1S/C28H30N2O4S/c1-20-12-15-23(16-13-20)29-27(31)19-26(28(29)32)30(24-10-4-2-3-5-11-24)35(33,34)25-17-14-21-8-6-7-9-22(21)18-25/h6-9,12-18,24,26H,2-5,10-11,19H2,1H3. The molecule has 2 amide bonds. The van der Waals surface area contributed by atoms with Gasteiger partial charge in [-0.2, -0.15) is 4.31 Å². The number of sulfonamides is 1. The zero-order valence-electron chi connectivity index (χ0n) is 19.9. The molecule has 0 N–H and O–H groups in total. The smallest absolute Gasteiger partial charge is 0.252 e. The number of nitrogens with zero attached hydrogens (tertiary/aromatic N) is 2. The van der Waals surface area contributed by atoms with Crippen LogP contribution in [0.1, 0.15) is 50.5 Å². The van der Waals surface area contributed by atoms with Gasteiger partial charge in [0, 0.05) is 6.04 Å². The Bertz CT molecular complexity index is 1360. The van der Waals surface area contributed by atoms with Gasteiger partial charge in [0.1, 0.15) is 6.04 Å². The lowest BCUT2D eigenvalue weighted by molar-refractivity contribution is -0.122. The van der Waals surface area contributed by atoms with Gasteiger partial charge in [-0.1, -0.05) is 73.7 Å². The molecule has 1 unspecified atom stereocenters. The highest BCUT2D eigenvalue weighted by molar-refractivity contribution is 7.89. The predicted molar refractivity (Wildman–Crippen MR) is 137 cm³/mol. The number of rotatable bonds is 5. The summed E-state index contributed by atoms with van der Waals surface area (Å²) in [6, 6.07) is 18.5. The van der Waals surface area contributed by atoms with Crippen LogP contribution in [0.4, 0.5) is 5.69 Å². The van der Waals surface area contributed by atoms with Gasteiger partial charge in [0.2, 0.25) is 15.9 Å². The minimum Gasteiger partial charge on any atom is -0.274 e. The molecular weight excluding hydrogens is 460 g/mol. The number of carbonyl (C=O) groups excluding carboxylic acids is 2. The molecule has 0 spiro atoms. The molecule has 1 aliphatic carbocycles. The van der Waals surface area contributed by atoms with E-state index in [0.29, 0.717) is 18.5 Å². The Morgan fingerprint density at radius 1 is 0.829 bits per heavy atom. The van der Waals surface area contributed by atoms with Crippen molar-refractivity contribution in [3.05, 3.63) is 72.3 Å². The number of anilines is 1. The van der Waals surface area contributed by atoms with Crippen molar-refractivity contribution in [2.45, 2.75) is 68.8 Å². The molecule has 0 radical (unpaired) electrons. The van der Waals surface area contributed by atoms with Gasteiger partial charge in [-0.25, -0.2) is 13.3 Å². The molecule has 1 saturated carbocycles. The van der Waals surface area contributed by atoms with Crippen LogP contribution < -0.4 is 4.90 Å². The molecule has 1 saturated heterocycles. The fourth-order valence-electron chi connectivity index (χ4n) is 5.36. The van der Waals surface area contributed by atoms with E-state index in [1.54, 1.807) is 30.3 Å². The van der Waals surface area contributed by atoms with Crippen LogP contribution in [-0.2, 0) is 19.6 Å². The quantitative estimate of drug-likeness (QED) is 0.364. The van der Waals surface area contributed by atoms with Gasteiger partial charge in [-0.3, -0.25) is 9.59 Å². The van der Waals surface area contributed by atoms with Gasteiger partial charge >= 0.3 is 0 Å². The van der Waals surface area contributed by atoms with Crippen LogP contribution in [0.3, 0.4) is 0 Å². The lowest BCUT2D eigenvalue weighted by atomic mass is 10.1. The molecule has 6 nitrogen and oxygen atoms in total. The summed E-state index contributed by atoms with van der Waals surface area (Å²) < 4.78 is 29.7. The lowest BCUT2D eigenvalue weighted by Crippen LogP contribution is -2.50. The molecule has 1 aliphatic heterocycles. The van der Waals surface area contributed by atoms with E-state index in [-0.39, 0.29) is 23.3 Å². The molecule has 5 rings (SSSR count). The zero-order chi connectivity index (χ0) is 24.6. The Kier molecular flexibility index (Phi) is 6.47. The van der Waals surface area contributed by atoms with E-state index in [1.165, 1.54) is 4.31 Å². The molecular formula is C28H30N2O4S. The fourth-order valence-corrected chi connectivity index (χ4v) is 7.22. The topological polar surface area (TPSA) is 74.8 Å². The molecule has 35 heavy (non-hydrogen) atoms. The number of aryl methyl sites for hydroxylation is 1. The van der Waals surface area contributed by atoms with Crippen molar-refractivity contribution in [3.8, 4) is 0 Å². The first kappa shape index (κ1) is 23.7. The minimum atomic E-state index is -4.03. The van der Waals surface area contributed by atoms with Crippen LogP contribution in [-0.4, -0.2) is 36.6 Å². The number of amides is 2. The summed E-state index contributed by atoms with van der Waals surface area (Å²) in [6.07, 6.45) is 5.15. The molecule has 182 valence electrons. The summed E-state index contributed by atoms with van der Waals surface area (Å²) in [6.45, 7) is 1.93. The van der Waals surface area contributed by atoms with Crippen molar-refractivity contribution in [2.75, 3.05) is 4.90 Å². The number of hydrogen-bond donors (Lipinski definition) is 0. The van der Waals surface area contributed by atoms with Gasteiger partial charge in [-0.15, -0.1) is 0 Å². The van der Waals surface area contributed by atoms with Crippen LogP contribution >= 0.6 is 0 Å². The molecule has 1 atom stereocenters. The van der Waals surface area contributed by atoms with Crippen molar-refractivity contribution >= 4 is 38.3 Å². The average molecular weight is 491 g/mol. The van der Waals surface area contributed by atoms with Crippen LogP contribution in [0.25, 0.3) is 10.8 Å². The molecule has 1 heterocycles. The number of carbonyl (C=O) groups is 2. The van der Waals surface area contributed by atoms with Gasteiger partial charge in [0.05, 0.1) is 17.0 Å². The van der Waals surface area contributed by atoms with Crippen molar-refractivity contribution in [1.82, 2.24) is 4.31 Å². The summed E-state index contributed by atoms with van der Waals surface area (Å²) in [5.41, 5.74) is 1.50. The van der Waals surface area contributed by atoms with Gasteiger partial charge in [-0.05, 0) is 54.8 Å². The number of benzene rings is 3. The van der Waals surface area contributed by atoms with Crippen LogP contribution in [0, 0.1) is 6.92 Å². The Morgan fingerprint density at radius 2 is 1.49 bits per heavy atom. The second-order valence-electron chi connectivity index (χ2n) is 9.61. The van der Waals surface area contributed by atoms with Crippen LogP contribution in [0.5, 0.6) is 0 Å². The van der Waals surface area contributed by atoms with Crippen molar-refractivity contribution in [3.63, 3.8) is 0 Å². The van der Waals surface area contributed by atoms with E-state index in [1.807, 2.05) is 43.3 Å². The summed E-state index contributed by atoms with van der Waals surface area (Å²) in [4.78, 5) is 28.0. The largest absolute Gasteiger partial charge is 0.274 e. The van der Waals surface area contributed by atoms with Gasteiger partial charge < -0.3 is 0 Å². The second-order valence-corrected chi connectivity index (χ2v) is 11.5. The molecule has 2 aliphatic rings. The molecule has 3 aromatic rings. The highest BCUT2D eigenvalue weighted by Crippen LogP contribution is 2.35. The van der Waals surface area contributed by atoms with E-state index < -0.39 is 22.0 Å². The second kappa shape index (κ2) is 9.55. The number of imide groups is 1. The third-order valence-electron chi connectivity index (χ3n) is 7.20. The maximum Gasteiger partial charge on any atom is 0.252 e. The van der Waals surface area contributed by atoms with Crippen molar-refractivity contribution in [1.29, 1.82) is 0 Å². The van der Waals surface area contributed by atoms with Crippen LogP contribution in [0.15, 0.2) is 71.6 Å². The Balaban J connectivity index is 1.57. The highest BCUT2D eigenvalue weighted by atomic mass is 32.2. The van der Waals surface area contributed by atoms with Crippen molar-refractivity contribution in [2.24, 2.45) is 0 Å². The maximum atomic E-state index is 14.2. The number of fused-ring (bicyclic) bond motifs is 1. The SMILES string of the molecule is Cc1ccc(N2C(=O)CC(N(C3CCCCCC3)S(=O)(=O)c3ccc4ccccc4c3)C2=O)cc1. The van der Waals surface area contributed by atoms with E-state index in [0.717, 1.165) is 46.9 Å². The monoisotopic (exact) mass is 490 g/mol. The van der Waals surface area contributed by atoms with E-state index in [2.05, 4.69) is 0 Å². The van der Waals surface area contributed by atoms with E-state index >= 15 is 0 Å². The first-order valence-electron chi connectivity index (χ1n) is 12.3. The average Bonchev–Trinajstić information content (AvgIpc) is 3.01. The van der Waals surface area contributed by atoms with Gasteiger partial charge in [0.15, 0.2) is 0 Å². The van der Waals surface area contributed by atoms with E-state index in [9.17, 15) is 18.0 Å². The molecule has 3 aromatic carbocycles. The first-order chi connectivity index (χ1) is 16.9. The predicted octanol–water partition coefficient (Wildman–Crippen LogP) is 5.19. The molecule has 2 fully saturated rings. The molecule has 0 bridgehead atoms. The number of hydrogen-bond acceptors (Lipinski definition) is 4. The lowest BCUT2D eigenvalue weighted by Gasteiger charge is -2.34. The van der Waals surface area contributed by atoms with Gasteiger partial charge in [0.25, 0.3) is 5.91 Å². The Hall–Kier alpha value is -3.03. The third kappa shape index (κ3) is 4.50. The summed E-state index contributed by atoms with van der Waals surface area (Å²) >= 11 is 0. The normalized spacial score (nSPS) is 20.1. The first-order valence-corrected chi connectivity index (χ1v) is 13.8. The summed E-state index contributed by atoms with van der Waals surface area (Å²) in [5.74, 6) is -0.830. The zero-order valence-corrected chi connectivity index (χ0v) is 20.7. The van der Waals surface area contributed by atoms with E-state index in [4.69, 9.17) is 0 Å². The Labute approximate surface area is 206 Å². The summed E-state index contributed by atoms with van der Waals surface area (Å²) in [5, 5.41) is 1.77. The van der Waals surface area contributed by atoms with Crippen molar-refractivity contribution < 1.29 is 18.0 Å². The summed E-state index contributed by atoms with van der Waals surface area (Å²) in [7, 11) is -4.03. The van der Waals surface area contributed by atoms with Crippen LogP contribution in [0.2, 0.25) is 0 Å². The molecule has 7 heteroatoms. The third-order valence-corrected chi connectivity index (χ3v) is 9.16. The fraction of sp³-hybridized carbons (Fsp3) is 0.357. The molecule has 0 aromatic heterocycles.